The lowest BCUT2D eigenvalue weighted by Crippen LogP contribution is -2.40. The number of aromatic amines is 2. The van der Waals surface area contributed by atoms with Crippen LogP contribution >= 0.6 is 0 Å². The molecule has 2 aromatic heterocycles. The van der Waals surface area contributed by atoms with Gasteiger partial charge in [0.25, 0.3) is 11.8 Å². The van der Waals surface area contributed by atoms with Crippen LogP contribution in [0.1, 0.15) is 27.1 Å². The molecule has 3 heterocycles. The minimum atomic E-state index is -0.159. The highest BCUT2D eigenvalue weighted by Crippen LogP contribution is 2.27. The van der Waals surface area contributed by atoms with Gasteiger partial charge in [0.15, 0.2) is 5.82 Å². The molecule has 2 aromatic carbocycles. The molecule has 4 aromatic rings. The van der Waals surface area contributed by atoms with Crippen LogP contribution in [0, 0.1) is 0 Å². The first kappa shape index (κ1) is 21.1. The molecule has 0 saturated carbocycles. The van der Waals surface area contributed by atoms with Crippen molar-refractivity contribution in [1.82, 2.24) is 30.4 Å². The first-order chi connectivity index (χ1) is 16.1. The lowest BCUT2D eigenvalue weighted by Gasteiger charge is -2.26. The number of nitrogens with one attached hydrogen (secondary N) is 3. The minimum Gasteiger partial charge on any atom is -0.378 e. The van der Waals surface area contributed by atoms with Gasteiger partial charge in [0.1, 0.15) is 5.69 Å². The molecule has 1 fully saturated rings. The van der Waals surface area contributed by atoms with Gasteiger partial charge in [-0.2, -0.15) is 5.10 Å². The van der Waals surface area contributed by atoms with E-state index in [1.54, 1.807) is 23.1 Å². The topological polar surface area (TPSA) is 142 Å². The molecule has 1 aliphatic heterocycles. The first-order valence-corrected chi connectivity index (χ1v) is 11.0. The lowest BCUT2D eigenvalue weighted by atomic mass is 10.1. The molecule has 0 radical (unpaired) electrons. The number of carbonyl (C=O) groups excluding carboxylic acids is 2. The molecule has 0 spiro atoms. The summed E-state index contributed by atoms with van der Waals surface area (Å²) in [6.45, 7) is 3.35. The molecule has 1 aliphatic rings. The minimum absolute atomic E-state index is 0.0214. The van der Waals surface area contributed by atoms with Gasteiger partial charge < -0.3 is 25.7 Å². The molecule has 0 aliphatic carbocycles. The fourth-order valence-corrected chi connectivity index (χ4v) is 3.95. The van der Waals surface area contributed by atoms with E-state index in [1.165, 1.54) is 0 Å². The largest absolute Gasteiger partial charge is 0.378 e. The zero-order valence-corrected chi connectivity index (χ0v) is 18.1. The molecule has 10 heteroatoms. The number of nitrogens with zero attached hydrogens (tertiary/aromatic N) is 3. The van der Waals surface area contributed by atoms with Crippen LogP contribution in [0.3, 0.4) is 0 Å². The van der Waals surface area contributed by atoms with Crippen molar-refractivity contribution in [1.29, 1.82) is 0 Å². The van der Waals surface area contributed by atoms with E-state index in [2.05, 4.69) is 25.5 Å². The van der Waals surface area contributed by atoms with Gasteiger partial charge in [-0.25, -0.2) is 4.98 Å². The number of imidazole rings is 1. The van der Waals surface area contributed by atoms with Crippen molar-refractivity contribution < 1.29 is 14.3 Å². The maximum absolute atomic E-state index is 12.8. The van der Waals surface area contributed by atoms with Crippen LogP contribution in [-0.4, -0.2) is 76.3 Å². The van der Waals surface area contributed by atoms with Crippen LogP contribution < -0.4 is 11.1 Å². The second-order valence-electron chi connectivity index (χ2n) is 7.95. The molecule has 0 atom stereocenters. The Labute approximate surface area is 189 Å². The summed E-state index contributed by atoms with van der Waals surface area (Å²) in [6.07, 6.45) is 0.722. The van der Waals surface area contributed by atoms with Gasteiger partial charge >= 0.3 is 0 Å². The third-order valence-electron chi connectivity index (χ3n) is 5.74. The Bertz CT molecular complexity index is 1320. The molecule has 2 amide bonds. The Kier molecular flexibility index (Phi) is 5.76. The molecule has 10 nitrogen and oxygen atoms in total. The molecule has 0 unspecified atom stereocenters. The molecule has 170 valence electrons. The Morgan fingerprint density at radius 1 is 1.09 bits per heavy atom. The Hall–Kier alpha value is -3.76. The van der Waals surface area contributed by atoms with Gasteiger partial charge in [-0.1, -0.05) is 0 Å². The van der Waals surface area contributed by atoms with E-state index < -0.39 is 0 Å². The van der Waals surface area contributed by atoms with Crippen molar-refractivity contribution in [2.24, 2.45) is 5.73 Å². The predicted octanol–water partition coefficient (Wildman–Crippen LogP) is 1.66. The smallest absolute Gasteiger partial charge is 0.254 e. The first-order valence-electron chi connectivity index (χ1n) is 11.0. The van der Waals surface area contributed by atoms with Crippen LogP contribution in [0.5, 0.6) is 0 Å². The van der Waals surface area contributed by atoms with Gasteiger partial charge in [-0.3, -0.25) is 14.7 Å². The number of hydrogen-bond donors (Lipinski definition) is 4. The molecule has 5 N–H and O–H groups in total. The van der Waals surface area contributed by atoms with Gasteiger partial charge in [-0.15, -0.1) is 0 Å². The number of benzene rings is 2. The van der Waals surface area contributed by atoms with E-state index >= 15 is 0 Å². The highest BCUT2D eigenvalue weighted by molar-refractivity contribution is 6.02. The van der Waals surface area contributed by atoms with Crippen molar-refractivity contribution >= 4 is 33.8 Å². The third-order valence-corrected chi connectivity index (χ3v) is 5.74. The number of ether oxygens (including phenoxy) is 1. The van der Waals surface area contributed by atoms with Crippen LogP contribution in [0.4, 0.5) is 0 Å². The number of morpholine rings is 1. The fourth-order valence-electron chi connectivity index (χ4n) is 3.95. The summed E-state index contributed by atoms with van der Waals surface area (Å²) >= 11 is 0. The summed E-state index contributed by atoms with van der Waals surface area (Å²) in [5.41, 5.74) is 9.52. The van der Waals surface area contributed by atoms with Crippen molar-refractivity contribution in [3.63, 3.8) is 0 Å². The van der Waals surface area contributed by atoms with E-state index in [0.717, 1.165) is 28.4 Å². The van der Waals surface area contributed by atoms with Crippen molar-refractivity contribution in [2.75, 3.05) is 39.4 Å². The Morgan fingerprint density at radius 2 is 1.91 bits per heavy atom. The van der Waals surface area contributed by atoms with E-state index in [-0.39, 0.29) is 11.8 Å². The SMILES string of the molecule is NCCCNC(=O)c1ccc2[nH]nc(-c3nc4ccc(C(=O)N5CCOCC5)cc4[nH]3)c2c1. The second-order valence-corrected chi connectivity index (χ2v) is 7.95. The summed E-state index contributed by atoms with van der Waals surface area (Å²) < 4.78 is 5.33. The second kappa shape index (κ2) is 9.00. The summed E-state index contributed by atoms with van der Waals surface area (Å²) in [6, 6.07) is 10.8. The fraction of sp³-hybridized carbons (Fsp3) is 0.304. The number of rotatable bonds is 6. The van der Waals surface area contributed by atoms with Gasteiger partial charge in [-0.05, 0) is 49.4 Å². The van der Waals surface area contributed by atoms with Crippen LogP contribution in [0.2, 0.25) is 0 Å². The number of amides is 2. The highest BCUT2D eigenvalue weighted by Gasteiger charge is 2.20. The Balaban J connectivity index is 1.44. The molecule has 5 rings (SSSR count). The third kappa shape index (κ3) is 4.18. The van der Waals surface area contributed by atoms with E-state index in [0.29, 0.717) is 62.0 Å². The zero-order valence-electron chi connectivity index (χ0n) is 18.1. The van der Waals surface area contributed by atoms with Crippen LogP contribution in [-0.2, 0) is 4.74 Å². The Morgan fingerprint density at radius 3 is 2.73 bits per heavy atom. The summed E-state index contributed by atoms with van der Waals surface area (Å²) in [7, 11) is 0. The van der Waals surface area contributed by atoms with E-state index in [1.807, 2.05) is 18.2 Å². The number of aromatic nitrogens is 4. The maximum atomic E-state index is 12.8. The van der Waals surface area contributed by atoms with E-state index in [9.17, 15) is 9.59 Å². The average molecular weight is 447 g/mol. The van der Waals surface area contributed by atoms with Gasteiger partial charge in [0.05, 0.1) is 29.8 Å². The predicted molar refractivity (Wildman–Crippen MR) is 124 cm³/mol. The van der Waals surface area contributed by atoms with Gasteiger partial charge in [0.2, 0.25) is 0 Å². The molecule has 0 bridgehead atoms. The zero-order chi connectivity index (χ0) is 22.8. The average Bonchev–Trinajstić information content (AvgIpc) is 3.47. The number of nitrogens with two attached hydrogens (primary N) is 1. The molecular weight excluding hydrogens is 422 g/mol. The summed E-state index contributed by atoms with van der Waals surface area (Å²) in [4.78, 5) is 35.0. The number of fused-ring (bicyclic) bond motifs is 2. The highest BCUT2D eigenvalue weighted by atomic mass is 16.5. The van der Waals surface area contributed by atoms with Gasteiger partial charge in [0, 0.05) is 36.1 Å². The summed E-state index contributed by atoms with van der Waals surface area (Å²) in [5.74, 6) is 0.383. The number of hydrogen-bond acceptors (Lipinski definition) is 6. The molecule has 33 heavy (non-hydrogen) atoms. The van der Waals surface area contributed by atoms with E-state index in [4.69, 9.17) is 10.5 Å². The monoisotopic (exact) mass is 447 g/mol. The normalized spacial score (nSPS) is 14.2. The number of carbonyl (C=O) groups is 2. The summed E-state index contributed by atoms with van der Waals surface area (Å²) in [5, 5.41) is 11.0. The quantitative estimate of drug-likeness (QED) is 0.331. The van der Waals surface area contributed by atoms with Crippen molar-refractivity contribution in [3.05, 3.63) is 47.5 Å². The maximum Gasteiger partial charge on any atom is 0.254 e. The molecule has 1 saturated heterocycles. The molecular formula is C23H25N7O3. The standard InChI is InChI=1S/C23H25N7O3/c24-6-1-7-25-22(31)14-2-4-17-16(12-14)20(29-28-17)21-26-18-5-3-15(13-19(18)27-21)23(32)30-8-10-33-11-9-30/h2-5,12-13H,1,6-11,24H2,(H,25,31)(H,26,27)(H,28,29). The lowest BCUT2D eigenvalue weighted by molar-refractivity contribution is 0.0303. The van der Waals surface area contributed by atoms with Crippen molar-refractivity contribution in [3.8, 4) is 11.5 Å². The van der Waals surface area contributed by atoms with Crippen molar-refractivity contribution in [2.45, 2.75) is 6.42 Å². The van der Waals surface area contributed by atoms with Crippen LogP contribution in [0.25, 0.3) is 33.5 Å². The van der Waals surface area contributed by atoms with Crippen LogP contribution in [0.15, 0.2) is 36.4 Å². The number of H-pyrrole nitrogens is 2.